The fourth-order valence-corrected chi connectivity index (χ4v) is 3.29. The third-order valence-corrected chi connectivity index (χ3v) is 5.17. The fourth-order valence-electron chi connectivity index (χ4n) is 2.98. The Balaban J connectivity index is 1.42. The molecular formula is C17H24BrN3O3. The first-order valence-electron chi connectivity index (χ1n) is 8.55. The molecule has 0 bridgehead atoms. The highest BCUT2D eigenvalue weighted by Gasteiger charge is 2.27. The van der Waals surface area contributed by atoms with Crippen molar-refractivity contribution in [2.24, 2.45) is 5.92 Å². The molecule has 1 aliphatic heterocycles. The molecule has 0 atom stereocenters. The molecule has 0 radical (unpaired) electrons. The van der Waals surface area contributed by atoms with Crippen molar-refractivity contribution in [3.8, 4) is 0 Å². The zero-order chi connectivity index (χ0) is 17.1. The van der Waals surface area contributed by atoms with Crippen LogP contribution in [0.2, 0.25) is 0 Å². The maximum atomic E-state index is 12.4. The Morgan fingerprint density at radius 3 is 2.58 bits per heavy atom. The minimum atomic E-state index is -0.282. The Labute approximate surface area is 150 Å². The van der Waals surface area contributed by atoms with Crippen molar-refractivity contribution >= 4 is 27.7 Å². The van der Waals surface area contributed by atoms with E-state index in [1.54, 1.807) is 19.2 Å². The minimum absolute atomic E-state index is 0.00267. The standard InChI is InChI=1S/C17H24BrN3O3/c1-20(17(23)14-4-5-15(18)24-14)11-16(22)21-8-6-13(7-9-21)19-10-12-2-3-12/h4-5,12-13,19H,2-3,6-11H2,1H3. The van der Waals surface area contributed by atoms with Gasteiger partial charge >= 0.3 is 0 Å². The number of likely N-dealkylation sites (tertiary alicyclic amines) is 1. The van der Waals surface area contributed by atoms with Gasteiger partial charge in [-0.1, -0.05) is 0 Å². The van der Waals surface area contributed by atoms with Crippen molar-refractivity contribution in [2.45, 2.75) is 31.7 Å². The molecule has 2 amide bonds. The number of furan rings is 1. The van der Waals surface area contributed by atoms with Crippen LogP contribution in [-0.4, -0.2) is 60.9 Å². The second-order valence-corrected chi connectivity index (χ2v) is 7.55. The van der Waals surface area contributed by atoms with Gasteiger partial charge < -0.3 is 19.5 Å². The monoisotopic (exact) mass is 397 g/mol. The summed E-state index contributed by atoms with van der Waals surface area (Å²) in [4.78, 5) is 27.9. The van der Waals surface area contributed by atoms with Crippen LogP contribution in [0.3, 0.4) is 0 Å². The van der Waals surface area contributed by atoms with Crippen molar-refractivity contribution in [3.63, 3.8) is 0 Å². The van der Waals surface area contributed by atoms with Crippen LogP contribution in [-0.2, 0) is 4.79 Å². The number of piperidine rings is 1. The number of hydrogen-bond acceptors (Lipinski definition) is 4. The second kappa shape index (κ2) is 7.70. The van der Waals surface area contributed by atoms with Crippen molar-refractivity contribution < 1.29 is 14.0 Å². The first-order valence-corrected chi connectivity index (χ1v) is 9.34. The first-order chi connectivity index (χ1) is 11.5. The predicted molar refractivity (Wildman–Crippen MR) is 93.7 cm³/mol. The molecule has 24 heavy (non-hydrogen) atoms. The molecule has 1 aromatic rings. The Bertz CT molecular complexity index is 592. The summed E-state index contributed by atoms with van der Waals surface area (Å²) in [7, 11) is 1.63. The number of carbonyl (C=O) groups is 2. The summed E-state index contributed by atoms with van der Waals surface area (Å²) in [6.45, 7) is 2.72. The van der Waals surface area contributed by atoms with E-state index in [1.165, 1.54) is 17.7 Å². The number of likely N-dealkylation sites (N-methyl/N-ethyl adjacent to an activating group) is 1. The van der Waals surface area contributed by atoms with Gasteiger partial charge in [-0.05, 0) is 66.2 Å². The molecule has 1 saturated carbocycles. The van der Waals surface area contributed by atoms with Gasteiger partial charge in [-0.15, -0.1) is 0 Å². The van der Waals surface area contributed by atoms with Crippen LogP contribution in [0.1, 0.15) is 36.2 Å². The van der Waals surface area contributed by atoms with Gasteiger partial charge in [0, 0.05) is 26.2 Å². The van der Waals surface area contributed by atoms with Crippen LogP contribution in [0.25, 0.3) is 0 Å². The highest BCUT2D eigenvalue weighted by Crippen LogP contribution is 2.28. The third-order valence-electron chi connectivity index (χ3n) is 4.74. The van der Waals surface area contributed by atoms with Crippen molar-refractivity contribution in [1.29, 1.82) is 0 Å². The molecule has 0 unspecified atom stereocenters. The maximum Gasteiger partial charge on any atom is 0.289 e. The first kappa shape index (κ1) is 17.5. The van der Waals surface area contributed by atoms with Crippen LogP contribution in [0.15, 0.2) is 21.2 Å². The van der Waals surface area contributed by atoms with E-state index in [0.29, 0.717) is 10.7 Å². The average molecular weight is 398 g/mol. The number of carbonyl (C=O) groups excluding carboxylic acids is 2. The number of rotatable bonds is 6. The molecule has 1 aromatic heterocycles. The van der Waals surface area contributed by atoms with Crippen LogP contribution in [0, 0.1) is 5.92 Å². The summed E-state index contributed by atoms with van der Waals surface area (Å²) in [5, 5.41) is 3.61. The van der Waals surface area contributed by atoms with Crippen LogP contribution >= 0.6 is 15.9 Å². The molecule has 2 heterocycles. The van der Waals surface area contributed by atoms with Gasteiger partial charge in [0.25, 0.3) is 5.91 Å². The van der Waals surface area contributed by atoms with Gasteiger partial charge in [-0.2, -0.15) is 0 Å². The summed E-state index contributed by atoms with van der Waals surface area (Å²) in [5.41, 5.74) is 0. The average Bonchev–Trinajstić information content (AvgIpc) is 3.32. The number of halogens is 1. The SMILES string of the molecule is CN(CC(=O)N1CCC(NCC2CC2)CC1)C(=O)c1ccc(Br)o1. The lowest BCUT2D eigenvalue weighted by atomic mass is 10.0. The molecule has 7 heteroatoms. The third kappa shape index (κ3) is 4.60. The highest BCUT2D eigenvalue weighted by atomic mass is 79.9. The summed E-state index contributed by atoms with van der Waals surface area (Å²) in [5.74, 6) is 0.832. The molecule has 1 saturated heterocycles. The van der Waals surface area contributed by atoms with Crippen LogP contribution < -0.4 is 5.32 Å². The molecule has 3 rings (SSSR count). The fraction of sp³-hybridized carbons (Fsp3) is 0.647. The molecule has 132 valence electrons. The second-order valence-electron chi connectivity index (χ2n) is 6.77. The van der Waals surface area contributed by atoms with Gasteiger partial charge in [0.2, 0.25) is 5.91 Å². The van der Waals surface area contributed by atoms with Gasteiger partial charge in [-0.3, -0.25) is 9.59 Å². The van der Waals surface area contributed by atoms with Gasteiger partial charge in [0.05, 0.1) is 6.54 Å². The summed E-state index contributed by atoms with van der Waals surface area (Å²) < 4.78 is 5.76. The minimum Gasteiger partial charge on any atom is -0.444 e. The lowest BCUT2D eigenvalue weighted by Crippen LogP contribution is -2.48. The lowest BCUT2D eigenvalue weighted by molar-refractivity contribution is -0.132. The number of nitrogens with one attached hydrogen (secondary N) is 1. The number of amides is 2. The van der Waals surface area contributed by atoms with E-state index < -0.39 is 0 Å². The van der Waals surface area contributed by atoms with Crippen LogP contribution in [0.4, 0.5) is 0 Å². The zero-order valence-corrected chi connectivity index (χ0v) is 15.5. The van der Waals surface area contributed by atoms with Gasteiger partial charge in [0.15, 0.2) is 10.4 Å². The smallest absolute Gasteiger partial charge is 0.289 e. The van der Waals surface area contributed by atoms with E-state index in [2.05, 4.69) is 21.2 Å². The van der Waals surface area contributed by atoms with E-state index in [9.17, 15) is 9.59 Å². The van der Waals surface area contributed by atoms with Gasteiger partial charge in [-0.25, -0.2) is 0 Å². The predicted octanol–water partition coefficient (Wildman–Crippen LogP) is 2.10. The van der Waals surface area contributed by atoms with E-state index in [-0.39, 0.29) is 24.1 Å². The summed E-state index contributed by atoms with van der Waals surface area (Å²) >= 11 is 3.18. The largest absolute Gasteiger partial charge is 0.444 e. The molecule has 1 aliphatic carbocycles. The van der Waals surface area contributed by atoms with Gasteiger partial charge in [0.1, 0.15) is 0 Å². The van der Waals surface area contributed by atoms with Crippen LogP contribution in [0.5, 0.6) is 0 Å². The Kier molecular flexibility index (Phi) is 5.61. The van der Waals surface area contributed by atoms with Crippen molar-refractivity contribution in [3.05, 3.63) is 22.6 Å². The van der Waals surface area contributed by atoms with E-state index in [1.807, 2.05) is 4.90 Å². The molecule has 1 N–H and O–H groups in total. The molecule has 2 aliphatic rings. The highest BCUT2D eigenvalue weighted by molar-refractivity contribution is 9.10. The Morgan fingerprint density at radius 1 is 1.29 bits per heavy atom. The maximum absolute atomic E-state index is 12.4. The topological polar surface area (TPSA) is 65.8 Å². The zero-order valence-electron chi connectivity index (χ0n) is 14.0. The van der Waals surface area contributed by atoms with E-state index in [0.717, 1.165) is 38.4 Å². The quantitative estimate of drug-likeness (QED) is 0.797. The van der Waals surface area contributed by atoms with E-state index >= 15 is 0 Å². The molecular weight excluding hydrogens is 374 g/mol. The number of hydrogen-bond donors (Lipinski definition) is 1. The normalized spacial score (nSPS) is 18.7. The Hall–Kier alpha value is -1.34. The molecule has 0 aromatic carbocycles. The van der Waals surface area contributed by atoms with E-state index in [4.69, 9.17) is 4.42 Å². The molecule has 2 fully saturated rings. The molecule has 6 nitrogen and oxygen atoms in total. The van der Waals surface area contributed by atoms with Crippen molar-refractivity contribution in [2.75, 3.05) is 33.2 Å². The summed E-state index contributed by atoms with van der Waals surface area (Å²) in [6, 6.07) is 3.79. The van der Waals surface area contributed by atoms with Crippen molar-refractivity contribution in [1.82, 2.24) is 15.1 Å². The molecule has 0 spiro atoms. The summed E-state index contributed by atoms with van der Waals surface area (Å²) in [6.07, 6.45) is 4.69. The number of nitrogens with zero attached hydrogens (tertiary/aromatic N) is 2. The Morgan fingerprint density at radius 2 is 2.00 bits per heavy atom. The lowest BCUT2D eigenvalue weighted by Gasteiger charge is -2.33.